The van der Waals surface area contributed by atoms with Gasteiger partial charge in [0.15, 0.2) is 0 Å². The Bertz CT molecular complexity index is 776. The van der Waals surface area contributed by atoms with Gasteiger partial charge in [0.25, 0.3) is 5.24 Å². The van der Waals surface area contributed by atoms with Crippen molar-refractivity contribution in [2.45, 2.75) is 95.9 Å². The number of thiol groups is 2. The van der Waals surface area contributed by atoms with E-state index in [0.29, 0.717) is 38.8 Å². The van der Waals surface area contributed by atoms with Gasteiger partial charge in [0.1, 0.15) is 19.8 Å². The highest BCUT2D eigenvalue weighted by Crippen LogP contribution is 2.22. The van der Waals surface area contributed by atoms with Crippen molar-refractivity contribution in [3.8, 4) is 0 Å². The molecule has 1 N–H and O–H groups in total. The Labute approximate surface area is 267 Å². The van der Waals surface area contributed by atoms with Gasteiger partial charge in [-0.3, -0.25) is 19.2 Å². The van der Waals surface area contributed by atoms with Crippen LogP contribution in [0.15, 0.2) is 0 Å². The maximum absolute atomic E-state index is 12.6. The van der Waals surface area contributed by atoms with Gasteiger partial charge >= 0.3 is 26.7 Å². The molecule has 0 rings (SSSR count). The van der Waals surface area contributed by atoms with Crippen molar-refractivity contribution in [1.82, 2.24) is 5.32 Å². The van der Waals surface area contributed by atoms with Crippen LogP contribution in [0, 0.1) is 5.41 Å². The van der Waals surface area contributed by atoms with E-state index in [4.69, 9.17) is 27.5 Å². The van der Waals surface area contributed by atoms with Gasteiger partial charge in [0.05, 0.1) is 24.7 Å². The van der Waals surface area contributed by atoms with Crippen LogP contribution < -0.4 is 5.32 Å². The molecule has 0 saturated heterocycles. The van der Waals surface area contributed by atoms with E-state index >= 15 is 0 Å². The maximum Gasteiger partial charge on any atom is 0.500 e. The minimum Gasteiger partial charge on any atom is -0.465 e. The molecule has 11 nitrogen and oxygen atoms in total. The third kappa shape index (κ3) is 20.1. The smallest absolute Gasteiger partial charge is 0.465 e. The van der Waals surface area contributed by atoms with Crippen LogP contribution in [0.3, 0.4) is 0 Å². The molecule has 1 amide bonds. The molecule has 246 valence electrons. The summed E-state index contributed by atoms with van der Waals surface area (Å²) in [5.74, 6) is -1.44. The van der Waals surface area contributed by atoms with E-state index in [1.165, 1.54) is 0 Å². The standard InChI is InChI=1S/C27H51NO10S3Si/c1-8-36-42(37-9-2,38-10-3)13-11-12-28-26(32)41-22(6)16-25(31)35-19-27(7,17-33-23(29)14-20(4)39)18-34-24(30)15-21(5)40/h20-22,39-40H,8-19H2,1-7H3,(H,28,32). The van der Waals surface area contributed by atoms with Crippen LogP contribution in [0.2, 0.25) is 6.04 Å². The van der Waals surface area contributed by atoms with E-state index in [2.05, 4.69) is 30.6 Å². The van der Waals surface area contributed by atoms with E-state index in [1.54, 1.807) is 27.7 Å². The number of hydrogen-bond donors (Lipinski definition) is 3. The molecule has 3 atom stereocenters. The number of amides is 1. The van der Waals surface area contributed by atoms with Gasteiger partial charge < -0.3 is 32.8 Å². The lowest BCUT2D eigenvalue weighted by Gasteiger charge is -2.28. The summed E-state index contributed by atoms with van der Waals surface area (Å²) in [4.78, 5) is 49.1. The summed E-state index contributed by atoms with van der Waals surface area (Å²) in [6.07, 6.45) is 0.835. The van der Waals surface area contributed by atoms with E-state index < -0.39 is 32.1 Å². The molecule has 0 heterocycles. The topological polar surface area (TPSA) is 136 Å². The van der Waals surface area contributed by atoms with Crippen LogP contribution in [0.5, 0.6) is 0 Å². The van der Waals surface area contributed by atoms with Crippen molar-refractivity contribution in [3.05, 3.63) is 0 Å². The second kappa shape index (κ2) is 22.5. The molecule has 15 heteroatoms. The summed E-state index contributed by atoms with van der Waals surface area (Å²) < 4.78 is 33.6. The number of hydrogen-bond acceptors (Lipinski definition) is 13. The molecule has 3 unspecified atom stereocenters. The second-order valence-corrected chi connectivity index (χ2v) is 16.2. The molecule has 0 fully saturated rings. The first-order valence-corrected chi connectivity index (χ1v) is 18.2. The average molecular weight is 674 g/mol. The van der Waals surface area contributed by atoms with Crippen molar-refractivity contribution in [1.29, 1.82) is 0 Å². The predicted molar refractivity (Wildman–Crippen MR) is 172 cm³/mol. The van der Waals surface area contributed by atoms with Gasteiger partial charge in [0, 0.05) is 48.2 Å². The quantitative estimate of drug-likeness (QED) is 0.0458. The number of esters is 3. The Morgan fingerprint density at radius 2 is 1.17 bits per heavy atom. The number of rotatable bonds is 23. The van der Waals surface area contributed by atoms with Gasteiger partial charge in [-0.15, -0.1) is 0 Å². The summed E-state index contributed by atoms with van der Waals surface area (Å²) in [6.45, 7) is 14.2. The minimum atomic E-state index is -2.77. The first-order valence-electron chi connectivity index (χ1n) is 14.4. The lowest BCUT2D eigenvalue weighted by atomic mass is 9.94. The summed E-state index contributed by atoms with van der Waals surface area (Å²) in [5, 5.41) is 1.88. The molecule has 0 spiro atoms. The summed E-state index contributed by atoms with van der Waals surface area (Å²) in [6, 6.07) is 0.583. The summed E-state index contributed by atoms with van der Waals surface area (Å²) in [5.41, 5.74) is -0.961. The van der Waals surface area contributed by atoms with Crippen molar-refractivity contribution < 1.29 is 46.7 Å². The van der Waals surface area contributed by atoms with Gasteiger partial charge in [0.2, 0.25) is 0 Å². The normalized spacial score (nSPS) is 15.2. The number of nitrogens with one attached hydrogen (secondary N) is 1. The largest absolute Gasteiger partial charge is 0.500 e. The molecule has 0 aliphatic carbocycles. The zero-order valence-electron chi connectivity index (χ0n) is 26.1. The van der Waals surface area contributed by atoms with Crippen molar-refractivity contribution in [2.24, 2.45) is 5.41 Å². The molecule has 0 aliphatic heterocycles. The summed E-state index contributed by atoms with van der Waals surface area (Å²) in [7, 11) is -2.77. The summed E-state index contributed by atoms with van der Waals surface area (Å²) >= 11 is 9.39. The molecule has 0 radical (unpaired) electrons. The van der Waals surface area contributed by atoms with E-state index in [-0.39, 0.29) is 60.1 Å². The van der Waals surface area contributed by atoms with Crippen molar-refractivity contribution in [3.63, 3.8) is 0 Å². The lowest BCUT2D eigenvalue weighted by Crippen LogP contribution is -2.46. The number of carbonyl (C=O) groups is 4. The monoisotopic (exact) mass is 673 g/mol. The Hall–Kier alpha value is -0.973. The minimum absolute atomic E-state index is 0.0167. The third-order valence-corrected chi connectivity index (χ3v) is 9.90. The van der Waals surface area contributed by atoms with Crippen LogP contribution in [0.4, 0.5) is 4.79 Å². The van der Waals surface area contributed by atoms with Gasteiger partial charge in [-0.05, 0) is 34.1 Å². The molecule has 0 bridgehead atoms. The van der Waals surface area contributed by atoms with E-state index in [0.717, 1.165) is 11.8 Å². The zero-order chi connectivity index (χ0) is 32.2. The molecule has 0 aliphatic rings. The Morgan fingerprint density at radius 3 is 1.55 bits per heavy atom. The zero-order valence-corrected chi connectivity index (χ0v) is 29.7. The lowest BCUT2D eigenvalue weighted by molar-refractivity contribution is -0.160. The van der Waals surface area contributed by atoms with Crippen LogP contribution in [-0.4, -0.2) is 93.9 Å². The van der Waals surface area contributed by atoms with Gasteiger partial charge in [-0.1, -0.05) is 32.5 Å². The predicted octanol–water partition coefficient (Wildman–Crippen LogP) is 4.70. The highest BCUT2D eigenvalue weighted by atomic mass is 32.2. The Morgan fingerprint density at radius 1 is 0.762 bits per heavy atom. The molecular formula is C27H51NO10S3Si. The molecule has 0 aromatic heterocycles. The van der Waals surface area contributed by atoms with Crippen LogP contribution in [0.25, 0.3) is 0 Å². The van der Waals surface area contributed by atoms with Crippen LogP contribution in [0.1, 0.15) is 74.1 Å². The van der Waals surface area contributed by atoms with E-state index in [9.17, 15) is 19.2 Å². The molecular weight excluding hydrogens is 623 g/mol. The highest BCUT2D eigenvalue weighted by molar-refractivity contribution is 8.14. The van der Waals surface area contributed by atoms with Gasteiger partial charge in [-0.25, -0.2) is 0 Å². The van der Waals surface area contributed by atoms with E-state index in [1.807, 2.05) is 20.8 Å². The fourth-order valence-electron chi connectivity index (χ4n) is 3.55. The fraction of sp³-hybridized carbons (Fsp3) is 0.852. The number of thioether (sulfide) groups is 1. The fourth-order valence-corrected chi connectivity index (χ4v) is 7.23. The maximum atomic E-state index is 12.6. The Balaban J connectivity index is 4.80. The first-order chi connectivity index (χ1) is 19.7. The SMILES string of the molecule is CCO[Si](CCCNC(=O)SC(C)CC(=O)OCC(C)(COC(=O)CC(C)S)COC(=O)CC(C)S)(OCC)OCC. The molecule has 42 heavy (non-hydrogen) atoms. The molecule has 0 aromatic rings. The third-order valence-electron chi connectivity index (χ3n) is 5.45. The van der Waals surface area contributed by atoms with Crippen LogP contribution in [-0.2, 0) is 41.9 Å². The molecule has 0 aromatic carbocycles. The van der Waals surface area contributed by atoms with Crippen molar-refractivity contribution >= 4 is 69.0 Å². The average Bonchev–Trinajstić information content (AvgIpc) is 2.87. The number of ether oxygens (including phenoxy) is 3. The first kappa shape index (κ1) is 41.0. The number of carbonyl (C=O) groups excluding carboxylic acids is 4. The Kier molecular flexibility index (Phi) is 22.0. The van der Waals surface area contributed by atoms with Gasteiger partial charge in [-0.2, -0.15) is 25.3 Å². The highest BCUT2D eigenvalue weighted by Gasteiger charge is 2.39. The second-order valence-electron chi connectivity index (χ2n) is 10.3. The van der Waals surface area contributed by atoms with Crippen molar-refractivity contribution in [2.75, 3.05) is 46.2 Å². The van der Waals surface area contributed by atoms with Crippen LogP contribution >= 0.6 is 37.0 Å². The molecule has 0 saturated carbocycles.